The Morgan fingerprint density at radius 1 is 0.958 bits per heavy atom. The second kappa shape index (κ2) is 6.98. The monoisotopic (exact) mass is 318 g/mol. The van der Waals surface area contributed by atoms with Crippen molar-refractivity contribution in [3.63, 3.8) is 0 Å². The van der Waals surface area contributed by atoms with E-state index < -0.39 is 5.60 Å². The number of hydrogen-bond donors (Lipinski definition) is 0. The molecule has 24 heavy (non-hydrogen) atoms. The molecule has 0 spiro atoms. The Kier molecular flexibility index (Phi) is 4.77. The van der Waals surface area contributed by atoms with E-state index >= 15 is 0 Å². The molecule has 1 fully saturated rings. The van der Waals surface area contributed by atoms with Crippen molar-refractivity contribution in [1.82, 2.24) is 0 Å². The zero-order valence-corrected chi connectivity index (χ0v) is 14.2. The number of Topliss-reactive ketones (excluding diaryl/α,β-unsaturated/α-hetero) is 1. The first-order chi connectivity index (χ1) is 11.6. The predicted molar refractivity (Wildman–Crippen MR) is 98.6 cm³/mol. The van der Waals surface area contributed by atoms with Gasteiger partial charge in [0.05, 0.1) is 0 Å². The molecule has 3 rings (SSSR count). The average molecular weight is 318 g/mol. The second-order valence-electron chi connectivity index (χ2n) is 6.19. The third kappa shape index (κ3) is 3.24. The molecule has 0 radical (unpaired) electrons. The lowest BCUT2D eigenvalue weighted by atomic mass is 9.92. The molecule has 1 atom stereocenters. The van der Waals surface area contributed by atoms with Crippen LogP contribution in [0.4, 0.5) is 0 Å². The summed E-state index contributed by atoms with van der Waals surface area (Å²) in [6.07, 6.45) is 7.21. The number of benzene rings is 2. The van der Waals surface area contributed by atoms with Crippen molar-refractivity contribution in [3.8, 4) is 0 Å². The molecule has 122 valence electrons. The first-order valence-electron chi connectivity index (χ1n) is 8.24. The third-order valence-electron chi connectivity index (χ3n) is 4.56. The fourth-order valence-electron chi connectivity index (χ4n) is 3.13. The third-order valence-corrected chi connectivity index (χ3v) is 4.56. The molecule has 0 heterocycles. The number of rotatable bonds is 4. The molecule has 0 aromatic heterocycles. The molecular weight excluding hydrogens is 296 g/mol. The van der Waals surface area contributed by atoms with Gasteiger partial charge in [0.2, 0.25) is 0 Å². The molecular formula is C22H22O2. The van der Waals surface area contributed by atoms with Gasteiger partial charge in [0.15, 0.2) is 11.4 Å². The van der Waals surface area contributed by atoms with Gasteiger partial charge in [0, 0.05) is 13.5 Å². The van der Waals surface area contributed by atoms with Gasteiger partial charge < -0.3 is 4.74 Å². The van der Waals surface area contributed by atoms with Gasteiger partial charge in [-0.05, 0) is 36.1 Å². The summed E-state index contributed by atoms with van der Waals surface area (Å²) in [7, 11) is 1.61. The molecule has 1 aliphatic carbocycles. The number of aryl methyl sites for hydroxylation is 1. The van der Waals surface area contributed by atoms with Crippen molar-refractivity contribution >= 4 is 17.9 Å². The van der Waals surface area contributed by atoms with Gasteiger partial charge in [-0.3, -0.25) is 4.79 Å². The number of hydrogen-bond acceptors (Lipinski definition) is 2. The highest BCUT2D eigenvalue weighted by atomic mass is 16.5. The first-order valence-corrected chi connectivity index (χ1v) is 8.24. The van der Waals surface area contributed by atoms with Crippen LogP contribution in [-0.4, -0.2) is 18.5 Å². The maximum absolute atomic E-state index is 12.6. The van der Waals surface area contributed by atoms with Crippen molar-refractivity contribution in [1.29, 1.82) is 0 Å². The minimum Gasteiger partial charge on any atom is -0.362 e. The molecule has 2 nitrogen and oxygen atoms in total. The molecule has 2 aromatic carbocycles. The molecule has 0 N–H and O–H groups in total. The molecule has 0 aliphatic heterocycles. The summed E-state index contributed by atoms with van der Waals surface area (Å²) >= 11 is 0. The van der Waals surface area contributed by atoms with Gasteiger partial charge in [-0.15, -0.1) is 0 Å². The topological polar surface area (TPSA) is 26.3 Å². The van der Waals surface area contributed by atoms with Crippen LogP contribution in [0.25, 0.3) is 12.2 Å². The van der Waals surface area contributed by atoms with E-state index in [2.05, 4.69) is 37.3 Å². The van der Waals surface area contributed by atoms with Crippen LogP contribution >= 0.6 is 0 Å². The fourth-order valence-corrected chi connectivity index (χ4v) is 3.13. The molecule has 2 aromatic rings. The maximum atomic E-state index is 12.6. The van der Waals surface area contributed by atoms with Crippen LogP contribution in [-0.2, 0) is 9.53 Å². The van der Waals surface area contributed by atoms with Crippen molar-refractivity contribution in [3.05, 3.63) is 82.9 Å². The van der Waals surface area contributed by atoms with Gasteiger partial charge in [0.25, 0.3) is 0 Å². The molecule has 2 heteroatoms. The Hall–Kier alpha value is -2.45. The van der Waals surface area contributed by atoms with Crippen molar-refractivity contribution in [2.75, 3.05) is 7.11 Å². The number of carbonyl (C=O) groups is 1. The van der Waals surface area contributed by atoms with E-state index in [1.165, 1.54) is 5.56 Å². The predicted octanol–water partition coefficient (Wildman–Crippen LogP) is 4.84. The number of ether oxygens (including phenoxy) is 1. The smallest absolute Gasteiger partial charge is 0.173 e. The van der Waals surface area contributed by atoms with Crippen molar-refractivity contribution in [2.24, 2.45) is 0 Å². The highest BCUT2D eigenvalue weighted by Crippen LogP contribution is 2.38. The summed E-state index contributed by atoms with van der Waals surface area (Å²) in [4.78, 5) is 12.6. The lowest BCUT2D eigenvalue weighted by Gasteiger charge is -2.24. The van der Waals surface area contributed by atoms with E-state index in [9.17, 15) is 4.79 Å². The molecule has 0 saturated heterocycles. The van der Waals surface area contributed by atoms with E-state index in [-0.39, 0.29) is 5.78 Å². The van der Waals surface area contributed by atoms with Crippen LogP contribution in [0.3, 0.4) is 0 Å². The highest BCUT2D eigenvalue weighted by Gasteiger charge is 2.44. The Morgan fingerprint density at radius 3 is 2.33 bits per heavy atom. The quantitative estimate of drug-likeness (QED) is 0.806. The minimum absolute atomic E-state index is 0.121. The van der Waals surface area contributed by atoms with Gasteiger partial charge in [-0.25, -0.2) is 0 Å². The number of methoxy groups -OCH3 is 1. The van der Waals surface area contributed by atoms with Gasteiger partial charge >= 0.3 is 0 Å². The molecule has 1 aliphatic rings. The van der Waals surface area contributed by atoms with Crippen LogP contribution in [0, 0.1) is 6.92 Å². The van der Waals surface area contributed by atoms with Crippen LogP contribution in [0.2, 0.25) is 0 Å². The second-order valence-corrected chi connectivity index (χ2v) is 6.19. The molecule has 0 amide bonds. The molecule has 0 bridgehead atoms. The summed E-state index contributed by atoms with van der Waals surface area (Å²) in [5.74, 6) is 0.121. The van der Waals surface area contributed by atoms with Crippen LogP contribution in [0.5, 0.6) is 0 Å². The van der Waals surface area contributed by atoms with E-state index in [1.54, 1.807) is 7.11 Å². The maximum Gasteiger partial charge on any atom is 0.173 e. The zero-order chi connectivity index (χ0) is 17.0. The lowest BCUT2D eigenvalue weighted by molar-refractivity contribution is -0.129. The van der Waals surface area contributed by atoms with Crippen LogP contribution in [0.15, 0.2) is 66.2 Å². The molecule has 1 saturated carbocycles. The minimum atomic E-state index is -0.944. The Balaban J connectivity index is 1.96. The van der Waals surface area contributed by atoms with Gasteiger partial charge in [-0.1, -0.05) is 72.3 Å². The SMILES string of the molecule is COC1(/C=C\c2ccc(C)cc2)C(=O)CC/C1=C/c1ccccc1. The Labute approximate surface area is 143 Å². The summed E-state index contributed by atoms with van der Waals surface area (Å²) in [5.41, 5.74) is 3.45. The Morgan fingerprint density at radius 2 is 1.67 bits per heavy atom. The Bertz CT molecular complexity index is 769. The number of carbonyl (C=O) groups excluding carboxylic acids is 1. The highest BCUT2D eigenvalue weighted by molar-refractivity contribution is 5.98. The summed E-state index contributed by atoms with van der Waals surface area (Å²) < 4.78 is 5.74. The van der Waals surface area contributed by atoms with Crippen molar-refractivity contribution < 1.29 is 9.53 Å². The first kappa shape index (κ1) is 16.4. The van der Waals surface area contributed by atoms with Crippen molar-refractivity contribution in [2.45, 2.75) is 25.4 Å². The standard InChI is InChI=1S/C22H22O2/c1-17-8-10-18(11-9-17)14-15-22(24-2)20(12-13-21(22)23)16-19-6-4-3-5-7-19/h3-11,14-16H,12-13H2,1-2H3/b15-14-,20-16-. The normalized spacial score (nSPS) is 22.6. The van der Waals surface area contributed by atoms with Crippen LogP contribution in [0.1, 0.15) is 29.5 Å². The number of ketones is 1. The largest absolute Gasteiger partial charge is 0.362 e. The lowest BCUT2D eigenvalue weighted by Crippen LogP contribution is -2.35. The van der Waals surface area contributed by atoms with Gasteiger partial charge in [0.1, 0.15) is 0 Å². The van der Waals surface area contributed by atoms with Crippen LogP contribution < -0.4 is 0 Å². The molecule has 1 unspecified atom stereocenters. The zero-order valence-electron chi connectivity index (χ0n) is 14.2. The summed E-state index contributed by atoms with van der Waals surface area (Å²) in [6, 6.07) is 18.3. The van der Waals surface area contributed by atoms with E-state index in [0.29, 0.717) is 6.42 Å². The van der Waals surface area contributed by atoms with Gasteiger partial charge in [-0.2, -0.15) is 0 Å². The van der Waals surface area contributed by atoms with E-state index in [4.69, 9.17) is 4.74 Å². The van der Waals surface area contributed by atoms with E-state index in [0.717, 1.165) is 23.1 Å². The van der Waals surface area contributed by atoms with E-state index in [1.807, 2.05) is 42.5 Å². The summed E-state index contributed by atoms with van der Waals surface area (Å²) in [5, 5.41) is 0. The average Bonchev–Trinajstić information content (AvgIpc) is 2.92. The summed E-state index contributed by atoms with van der Waals surface area (Å²) in [6.45, 7) is 2.06. The fraction of sp³-hybridized carbons (Fsp3) is 0.227.